The van der Waals surface area contributed by atoms with Gasteiger partial charge >= 0.3 is 0 Å². The number of hydrogen-bond acceptors (Lipinski definition) is 3. The third-order valence-electron chi connectivity index (χ3n) is 1.55. The second-order valence-electron chi connectivity index (χ2n) is 2.38. The predicted molar refractivity (Wildman–Crippen MR) is 41.9 cm³/mol. The Morgan fingerprint density at radius 2 is 2.00 bits per heavy atom. The molecule has 11 heavy (non-hydrogen) atoms. The molecule has 1 rings (SSSR count). The first-order valence-corrected chi connectivity index (χ1v) is 3.36. The summed E-state index contributed by atoms with van der Waals surface area (Å²) in [6, 6.07) is 1.57. The Morgan fingerprint density at radius 1 is 1.36 bits per heavy atom. The lowest BCUT2D eigenvalue weighted by Crippen LogP contribution is -1.92. The topological polar surface area (TPSA) is 42.4 Å². The molecule has 0 unspecified atom stereocenters. The summed E-state index contributed by atoms with van der Waals surface area (Å²) in [6.45, 7) is 3.59. The Labute approximate surface area is 65.7 Å². The highest BCUT2D eigenvalue weighted by Gasteiger charge is 2.03. The normalized spacial score (nSPS) is 9.73. The number of ether oxygens (including phenoxy) is 1. The van der Waals surface area contributed by atoms with Gasteiger partial charge in [-0.25, -0.2) is 0 Å². The average Bonchev–Trinajstić information content (AvgIpc) is 1.97. The van der Waals surface area contributed by atoms with Gasteiger partial charge in [-0.1, -0.05) is 0 Å². The molecule has 0 aliphatic heterocycles. The van der Waals surface area contributed by atoms with Crippen LogP contribution in [-0.4, -0.2) is 17.2 Å². The molecule has 1 N–H and O–H groups in total. The van der Waals surface area contributed by atoms with Gasteiger partial charge < -0.3 is 9.84 Å². The lowest BCUT2D eigenvalue weighted by Gasteiger charge is -2.05. The van der Waals surface area contributed by atoms with Gasteiger partial charge in [-0.15, -0.1) is 0 Å². The smallest absolute Gasteiger partial charge is 0.143 e. The summed E-state index contributed by atoms with van der Waals surface area (Å²) in [4.78, 5) is 4.07. The van der Waals surface area contributed by atoms with Gasteiger partial charge in [0.15, 0.2) is 0 Å². The molecule has 0 saturated heterocycles. The summed E-state index contributed by atoms with van der Waals surface area (Å²) in [5, 5.41) is 9.21. The van der Waals surface area contributed by atoms with Crippen molar-refractivity contribution in [2.75, 3.05) is 7.11 Å². The first kappa shape index (κ1) is 7.85. The molecule has 0 bridgehead atoms. The molecule has 0 radical (unpaired) electrons. The summed E-state index contributed by atoms with van der Waals surface area (Å²) in [7, 11) is 1.55. The number of nitrogens with zero attached hydrogens (tertiary/aromatic N) is 1. The lowest BCUT2D eigenvalue weighted by atomic mass is 10.3. The van der Waals surface area contributed by atoms with Crippen LogP contribution in [0.2, 0.25) is 0 Å². The van der Waals surface area contributed by atoms with Gasteiger partial charge in [-0.2, -0.15) is 0 Å². The van der Waals surface area contributed by atoms with Crippen molar-refractivity contribution < 1.29 is 9.84 Å². The number of methoxy groups -OCH3 is 1. The highest BCUT2D eigenvalue weighted by molar-refractivity contribution is 5.37. The van der Waals surface area contributed by atoms with E-state index in [4.69, 9.17) is 4.74 Å². The number of aromatic hydroxyl groups is 1. The van der Waals surface area contributed by atoms with E-state index < -0.39 is 0 Å². The van der Waals surface area contributed by atoms with Crippen molar-refractivity contribution in [3.8, 4) is 11.5 Å². The number of hydrogen-bond donors (Lipinski definition) is 1. The summed E-state index contributed by atoms with van der Waals surface area (Å²) in [5.41, 5.74) is 1.42. The van der Waals surface area contributed by atoms with E-state index in [1.807, 2.05) is 6.92 Å². The van der Waals surface area contributed by atoms with Gasteiger partial charge in [-0.05, 0) is 13.8 Å². The van der Waals surface area contributed by atoms with Crippen LogP contribution >= 0.6 is 0 Å². The van der Waals surface area contributed by atoms with E-state index in [1.165, 1.54) is 0 Å². The fourth-order valence-electron chi connectivity index (χ4n) is 0.904. The molecule has 0 aliphatic rings. The molecule has 0 aliphatic carbocycles. The van der Waals surface area contributed by atoms with Crippen LogP contribution in [-0.2, 0) is 0 Å². The van der Waals surface area contributed by atoms with Crippen molar-refractivity contribution in [3.05, 3.63) is 17.5 Å². The van der Waals surface area contributed by atoms with Crippen LogP contribution in [0.3, 0.4) is 0 Å². The molecule has 1 heterocycles. The zero-order valence-electron chi connectivity index (χ0n) is 6.88. The zero-order chi connectivity index (χ0) is 8.43. The van der Waals surface area contributed by atoms with Crippen molar-refractivity contribution in [2.45, 2.75) is 13.8 Å². The minimum absolute atomic E-state index is 0.174. The maximum Gasteiger partial charge on any atom is 0.143 e. The van der Waals surface area contributed by atoms with Gasteiger partial charge in [0.2, 0.25) is 0 Å². The maximum atomic E-state index is 9.21. The number of aryl methyl sites for hydroxylation is 2. The molecule has 0 fully saturated rings. The fourth-order valence-corrected chi connectivity index (χ4v) is 0.904. The molecular formula is C8H11NO2. The Morgan fingerprint density at radius 3 is 2.55 bits per heavy atom. The Kier molecular flexibility index (Phi) is 1.98. The Hall–Kier alpha value is -1.25. The summed E-state index contributed by atoms with van der Waals surface area (Å²) in [5.74, 6) is 0.792. The standard InChI is InChI=1S/C8H11NO2/c1-5-7(10)4-8(11-3)6(2)9-5/h4,10H,1-3H3. The van der Waals surface area contributed by atoms with Crippen LogP contribution in [0.15, 0.2) is 6.07 Å². The Balaban J connectivity index is 3.21. The minimum Gasteiger partial charge on any atom is -0.506 e. The highest BCUT2D eigenvalue weighted by Crippen LogP contribution is 2.23. The number of aromatic nitrogens is 1. The van der Waals surface area contributed by atoms with Crippen LogP contribution in [0.4, 0.5) is 0 Å². The largest absolute Gasteiger partial charge is 0.506 e. The Bertz CT molecular complexity index is 271. The molecule has 0 amide bonds. The maximum absolute atomic E-state index is 9.21. The second kappa shape index (κ2) is 2.78. The van der Waals surface area contributed by atoms with Crippen molar-refractivity contribution in [1.29, 1.82) is 0 Å². The van der Waals surface area contributed by atoms with E-state index in [9.17, 15) is 5.11 Å². The molecule has 1 aromatic heterocycles. The highest BCUT2D eigenvalue weighted by atomic mass is 16.5. The van der Waals surface area contributed by atoms with Crippen molar-refractivity contribution >= 4 is 0 Å². The SMILES string of the molecule is COc1cc(O)c(C)nc1C. The molecule has 3 nitrogen and oxygen atoms in total. The quantitative estimate of drug-likeness (QED) is 0.663. The van der Waals surface area contributed by atoms with Crippen LogP contribution in [0.25, 0.3) is 0 Å². The van der Waals surface area contributed by atoms with Gasteiger partial charge in [-0.3, -0.25) is 4.98 Å². The van der Waals surface area contributed by atoms with E-state index in [2.05, 4.69) is 4.98 Å². The van der Waals surface area contributed by atoms with Crippen LogP contribution in [0, 0.1) is 13.8 Å². The molecular weight excluding hydrogens is 142 g/mol. The monoisotopic (exact) mass is 153 g/mol. The van der Waals surface area contributed by atoms with Crippen LogP contribution in [0.1, 0.15) is 11.4 Å². The van der Waals surface area contributed by atoms with E-state index in [0.29, 0.717) is 11.4 Å². The summed E-state index contributed by atoms with van der Waals surface area (Å²) >= 11 is 0. The first-order chi connectivity index (χ1) is 5.15. The van der Waals surface area contributed by atoms with Gasteiger partial charge in [0, 0.05) is 6.07 Å². The molecule has 0 aromatic carbocycles. The van der Waals surface area contributed by atoms with E-state index in [-0.39, 0.29) is 5.75 Å². The minimum atomic E-state index is 0.174. The molecule has 1 aromatic rings. The van der Waals surface area contributed by atoms with E-state index in [1.54, 1.807) is 20.1 Å². The lowest BCUT2D eigenvalue weighted by molar-refractivity contribution is 0.400. The van der Waals surface area contributed by atoms with Gasteiger partial charge in [0.25, 0.3) is 0 Å². The first-order valence-electron chi connectivity index (χ1n) is 3.36. The average molecular weight is 153 g/mol. The third kappa shape index (κ3) is 1.42. The van der Waals surface area contributed by atoms with Gasteiger partial charge in [0.05, 0.1) is 18.5 Å². The summed E-state index contributed by atoms with van der Waals surface area (Å²) < 4.78 is 4.96. The van der Waals surface area contributed by atoms with Crippen LogP contribution < -0.4 is 4.74 Å². The van der Waals surface area contributed by atoms with E-state index in [0.717, 1.165) is 5.69 Å². The van der Waals surface area contributed by atoms with Crippen molar-refractivity contribution in [2.24, 2.45) is 0 Å². The second-order valence-corrected chi connectivity index (χ2v) is 2.38. The summed E-state index contributed by atoms with van der Waals surface area (Å²) in [6.07, 6.45) is 0. The predicted octanol–water partition coefficient (Wildman–Crippen LogP) is 1.41. The fraction of sp³-hybridized carbons (Fsp3) is 0.375. The van der Waals surface area contributed by atoms with Gasteiger partial charge in [0.1, 0.15) is 11.5 Å². The molecule has 0 saturated carbocycles. The molecule has 60 valence electrons. The molecule has 3 heteroatoms. The van der Waals surface area contributed by atoms with Crippen LogP contribution in [0.5, 0.6) is 11.5 Å². The zero-order valence-corrected chi connectivity index (χ0v) is 6.88. The van der Waals surface area contributed by atoms with Crippen molar-refractivity contribution in [1.82, 2.24) is 4.98 Å². The number of pyridine rings is 1. The molecule has 0 atom stereocenters. The van der Waals surface area contributed by atoms with Crippen molar-refractivity contribution in [3.63, 3.8) is 0 Å². The molecule has 0 spiro atoms. The van der Waals surface area contributed by atoms with E-state index >= 15 is 0 Å². The third-order valence-corrected chi connectivity index (χ3v) is 1.55. The number of rotatable bonds is 1.